The lowest BCUT2D eigenvalue weighted by molar-refractivity contribution is -0.385. The fourth-order valence-corrected chi connectivity index (χ4v) is 1.77. The first-order chi connectivity index (χ1) is 8.97. The number of pyridine rings is 1. The zero-order chi connectivity index (χ0) is 14.0. The van der Waals surface area contributed by atoms with Gasteiger partial charge in [0.15, 0.2) is 0 Å². The van der Waals surface area contributed by atoms with Gasteiger partial charge in [0, 0.05) is 17.7 Å². The predicted molar refractivity (Wildman–Crippen MR) is 69.8 cm³/mol. The Balaban J connectivity index is 2.31. The van der Waals surface area contributed by atoms with Gasteiger partial charge in [0.25, 0.3) is 5.69 Å². The van der Waals surface area contributed by atoms with Gasteiger partial charge in [-0.2, -0.15) is 0 Å². The average Bonchev–Trinajstić information content (AvgIpc) is 2.33. The van der Waals surface area contributed by atoms with Crippen molar-refractivity contribution in [3.8, 4) is 11.6 Å². The molecule has 0 aliphatic carbocycles. The van der Waals surface area contributed by atoms with Gasteiger partial charge < -0.3 is 4.74 Å². The first-order valence-corrected chi connectivity index (χ1v) is 6.00. The fraction of sp³-hybridized carbons (Fsp3) is 0.0833. The normalized spacial score (nSPS) is 10.3. The molecule has 1 heterocycles. The maximum atomic E-state index is 13.1. The van der Waals surface area contributed by atoms with Crippen molar-refractivity contribution in [1.29, 1.82) is 0 Å². The average molecular weight is 327 g/mol. The third-order valence-corrected chi connectivity index (χ3v) is 3.02. The Kier molecular flexibility index (Phi) is 3.75. The first kappa shape index (κ1) is 13.4. The molecule has 2 aromatic rings. The number of hydrogen-bond donors (Lipinski definition) is 0. The van der Waals surface area contributed by atoms with E-state index in [2.05, 4.69) is 20.9 Å². The van der Waals surface area contributed by atoms with E-state index in [1.807, 2.05) is 0 Å². The zero-order valence-corrected chi connectivity index (χ0v) is 11.3. The van der Waals surface area contributed by atoms with Crippen LogP contribution in [0.3, 0.4) is 0 Å². The minimum Gasteiger partial charge on any atom is -0.438 e. The quantitative estimate of drug-likeness (QED) is 0.631. The van der Waals surface area contributed by atoms with Crippen LogP contribution in [-0.2, 0) is 0 Å². The molecule has 0 atom stereocenters. The molecule has 0 unspecified atom stereocenters. The lowest BCUT2D eigenvalue weighted by Crippen LogP contribution is -1.95. The lowest BCUT2D eigenvalue weighted by Gasteiger charge is -2.07. The van der Waals surface area contributed by atoms with Crippen LogP contribution in [0.15, 0.2) is 34.9 Å². The molecule has 0 radical (unpaired) electrons. The molecule has 0 spiro atoms. The summed E-state index contributed by atoms with van der Waals surface area (Å²) in [5.41, 5.74) is 0.327. The summed E-state index contributed by atoms with van der Waals surface area (Å²) in [4.78, 5) is 14.0. The number of rotatable bonds is 3. The van der Waals surface area contributed by atoms with Crippen LogP contribution >= 0.6 is 15.9 Å². The van der Waals surface area contributed by atoms with Crippen molar-refractivity contribution in [2.75, 3.05) is 0 Å². The monoisotopic (exact) mass is 326 g/mol. The molecular weight excluding hydrogens is 319 g/mol. The van der Waals surface area contributed by atoms with E-state index in [0.717, 1.165) is 6.20 Å². The molecule has 0 saturated heterocycles. The van der Waals surface area contributed by atoms with Gasteiger partial charge in [-0.25, -0.2) is 9.37 Å². The Hall–Kier alpha value is -2.02. The molecule has 7 heteroatoms. The summed E-state index contributed by atoms with van der Waals surface area (Å²) in [6.07, 6.45) is 1.11. The summed E-state index contributed by atoms with van der Waals surface area (Å²) >= 11 is 3.22. The van der Waals surface area contributed by atoms with Gasteiger partial charge in [-0.3, -0.25) is 10.1 Å². The van der Waals surface area contributed by atoms with E-state index >= 15 is 0 Å². The molecule has 0 aliphatic heterocycles. The Bertz CT molecular complexity index is 649. The highest BCUT2D eigenvalue weighted by Gasteiger charge is 2.13. The molecule has 0 bridgehead atoms. The minimum absolute atomic E-state index is 0.0920. The smallest absolute Gasteiger partial charge is 0.290 e. The molecule has 0 saturated carbocycles. The van der Waals surface area contributed by atoms with Crippen molar-refractivity contribution in [2.24, 2.45) is 0 Å². The summed E-state index contributed by atoms with van der Waals surface area (Å²) in [5, 5.41) is 10.7. The standard InChI is InChI=1S/C12H8BrFN2O3/c1-7-4-12(15-6-10(7)16(17)18)19-11-5-8(14)2-3-9(11)13/h2-6H,1H3. The molecular formula is C12H8BrFN2O3. The third kappa shape index (κ3) is 3.05. The second-order valence-corrected chi connectivity index (χ2v) is 4.60. The highest BCUT2D eigenvalue weighted by Crippen LogP contribution is 2.30. The van der Waals surface area contributed by atoms with Crippen molar-refractivity contribution >= 4 is 21.6 Å². The maximum Gasteiger partial charge on any atom is 0.290 e. The number of nitro groups is 1. The predicted octanol–water partition coefficient (Wildman–Crippen LogP) is 3.99. The number of aromatic nitrogens is 1. The van der Waals surface area contributed by atoms with Gasteiger partial charge in [0.05, 0.1) is 9.40 Å². The number of hydrogen-bond acceptors (Lipinski definition) is 4. The third-order valence-electron chi connectivity index (χ3n) is 2.36. The molecule has 98 valence electrons. The van der Waals surface area contributed by atoms with Crippen LogP contribution in [0.4, 0.5) is 10.1 Å². The van der Waals surface area contributed by atoms with E-state index in [1.165, 1.54) is 24.3 Å². The molecule has 19 heavy (non-hydrogen) atoms. The Morgan fingerprint density at radius 3 is 2.79 bits per heavy atom. The van der Waals surface area contributed by atoms with Crippen LogP contribution < -0.4 is 4.74 Å². The van der Waals surface area contributed by atoms with Crippen molar-refractivity contribution in [3.05, 3.63) is 56.4 Å². The zero-order valence-electron chi connectivity index (χ0n) is 9.76. The molecule has 1 aromatic heterocycles. The van der Waals surface area contributed by atoms with Crippen LogP contribution in [0, 0.1) is 22.9 Å². The van der Waals surface area contributed by atoms with Crippen LogP contribution in [0.2, 0.25) is 0 Å². The van der Waals surface area contributed by atoms with Gasteiger partial charge in [0.2, 0.25) is 5.88 Å². The molecule has 0 aliphatic rings. The summed E-state index contributed by atoms with van der Waals surface area (Å²) in [7, 11) is 0. The summed E-state index contributed by atoms with van der Waals surface area (Å²) in [5.74, 6) is -0.0352. The van der Waals surface area contributed by atoms with Crippen molar-refractivity contribution in [2.45, 2.75) is 6.92 Å². The molecule has 1 aromatic carbocycles. The highest BCUT2D eigenvalue weighted by molar-refractivity contribution is 9.10. The summed E-state index contributed by atoms with van der Waals surface area (Å²) < 4.78 is 19.0. The van der Waals surface area contributed by atoms with E-state index in [9.17, 15) is 14.5 Å². The number of nitrogens with zero attached hydrogens (tertiary/aromatic N) is 2. The van der Waals surface area contributed by atoms with E-state index in [-0.39, 0.29) is 17.3 Å². The minimum atomic E-state index is -0.524. The Morgan fingerprint density at radius 1 is 1.42 bits per heavy atom. The molecule has 0 amide bonds. The second kappa shape index (κ2) is 5.31. The fourth-order valence-electron chi connectivity index (χ4n) is 1.44. The van der Waals surface area contributed by atoms with Crippen molar-refractivity contribution in [1.82, 2.24) is 4.98 Å². The van der Waals surface area contributed by atoms with E-state index in [1.54, 1.807) is 6.92 Å². The van der Waals surface area contributed by atoms with E-state index in [4.69, 9.17) is 4.74 Å². The molecule has 2 rings (SSSR count). The summed E-state index contributed by atoms with van der Waals surface area (Å²) in [6, 6.07) is 5.41. The largest absolute Gasteiger partial charge is 0.438 e. The van der Waals surface area contributed by atoms with Crippen LogP contribution in [0.1, 0.15) is 5.56 Å². The van der Waals surface area contributed by atoms with Crippen LogP contribution in [-0.4, -0.2) is 9.91 Å². The number of aryl methyl sites for hydroxylation is 1. The maximum absolute atomic E-state index is 13.1. The number of halogens is 2. The van der Waals surface area contributed by atoms with E-state index in [0.29, 0.717) is 10.0 Å². The molecule has 0 fully saturated rings. The van der Waals surface area contributed by atoms with Crippen LogP contribution in [0.25, 0.3) is 0 Å². The van der Waals surface area contributed by atoms with Crippen LogP contribution in [0.5, 0.6) is 11.6 Å². The SMILES string of the molecule is Cc1cc(Oc2cc(F)ccc2Br)ncc1[N+](=O)[O-]. The van der Waals surface area contributed by atoms with Gasteiger partial charge in [-0.05, 0) is 35.0 Å². The Morgan fingerprint density at radius 2 is 2.16 bits per heavy atom. The van der Waals surface area contributed by atoms with Gasteiger partial charge >= 0.3 is 0 Å². The summed E-state index contributed by atoms with van der Waals surface area (Å²) in [6.45, 7) is 1.58. The number of ether oxygens (including phenoxy) is 1. The molecule has 5 nitrogen and oxygen atoms in total. The lowest BCUT2D eigenvalue weighted by atomic mass is 10.2. The van der Waals surface area contributed by atoms with Gasteiger partial charge in [-0.1, -0.05) is 0 Å². The van der Waals surface area contributed by atoms with Crippen molar-refractivity contribution in [3.63, 3.8) is 0 Å². The van der Waals surface area contributed by atoms with Gasteiger partial charge in [-0.15, -0.1) is 0 Å². The highest BCUT2D eigenvalue weighted by atomic mass is 79.9. The first-order valence-electron chi connectivity index (χ1n) is 5.21. The van der Waals surface area contributed by atoms with Gasteiger partial charge in [0.1, 0.15) is 17.8 Å². The number of benzene rings is 1. The molecule has 0 N–H and O–H groups in total. The topological polar surface area (TPSA) is 65.3 Å². The van der Waals surface area contributed by atoms with E-state index < -0.39 is 10.7 Å². The van der Waals surface area contributed by atoms with Crippen molar-refractivity contribution < 1.29 is 14.1 Å². The Labute approximate surface area is 116 Å². The second-order valence-electron chi connectivity index (χ2n) is 3.74.